The summed E-state index contributed by atoms with van der Waals surface area (Å²) in [5.41, 5.74) is 3.36. The smallest absolute Gasteiger partial charge is 0.227 e. The molecule has 28 heavy (non-hydrogen) atoms. The lowest BCUT2D eigenvalue weighted by molar-refractivity contribution is 0.369. The Hall–Kier alpha value is -3.35. The summed E-state index contributed by atoms with van der Waals surface area (Å²) in [5.74, 6) is 1.13. The molecule has 1 N–H and O–H groups in total. The van der Waals surface area contributed by atoms with Crippen LogP contribution in [0.15, 0.2) is 61.1 Å². The largest absolute Gasteiger partial charge is 0.324 e. The molecule has 3 aromatic heterocycles. The molecule has 0 spiro atoms. The molecule has 5 rings (SSSR count). The Bertz CT molecular complexity index is 1090. The van der Waals surface area contributed by atoms with Gasteiger partial charge in [0, 0.05) is 30.4 Å². The highest BCUT2D eigenvalue weighted by Gasteiger charge is 2.29. The van der Waals surface area contributed by atoms with Gasteiger partial charge in [0.05, 0.1) is 6.20 Å². The number of anilines is 1. The number of hydrogen-bond donors (Lipinski definition) is 1. The van der Waals surface area contributed by atoms with Gasteiger partial charge in [0.25, 0.3) is 0 Å². The van der Waals surface area contributed by atoms with Crippen LogP contribution < -0.4 is 5.32 Å². The van der Waals surface area contributed by atoms with Gasteiger partial charge in [0.1, 0.15) is 11.3 Å². The first-order valence-corrected chi connectivity index (χ1v) is 9.38. The highest BCUT2D eigenvalue weighted by atomic mass is 19.1. The second-order valence-electron chi connectivity index (χ2n) is 6.98. The third kappa shape index (κ3) is 3.31. The quantitative estimate of drug-likeness (QED) is 0.513. The Morgan fingerprint density at radius 3 is 2.61 bits per heavy atom. The van der Waals surface area contributed by atoms with Gasteiger partial charge < -0.3 is 9.88 Å². The fraction of sp³-hybridized carbons (Fsp3) is 0.238. The van der Waals surface area contributed by atoms with Crippen LogP contribution in [0, 0.1) is 0 Å². The van der Waals surface area contributed by atoms with Gasteiger partial charge in [-0.2, -0.15) is 4.98 Å². The lowest BCUT2D eigenvalue weighted by Gasteiger charge is -2.11. The highest BCUT2D eigenvalue weighted by Crippen LogP contribution is 2.40. The number of hydrogen-bond acceptors (Lipinski definition) is 5. The first-order chi connectivity index (χ1) is 13.8. The maximum absolute atomic E-state index is 14.5. The average Bonchev–Trinajstić information content (AvgIpc) is 3.49. The van der Waals surface area contributed by atoms with Gasteiger partial charge in [-0.3, -0.25) is 4.98 Å². The van der Waals surface area contributed by atoms with E-state index in [9.17, 15) is 4.39 Å². The minimum Gasteiger partial charge on any atom is -0.324 e. The number of benzene rings is 1. The van der Waals surface area contributed by atoms with Gasteiger partial charge in [-0.15, -0.1) is 0 Å². The molecule has 6 nitrogen and oxygen atoms in total. The molecule has 3 heterocycles. The molecule has 1 atom stereocenters. The number of pyridine rings is 1. The third-order valence-corrected chi connectivity index (χ3v) is 4.83. The summed E-state index contributed by atoms with van der Waals surface area (Å²) in [6.07, 6.45) is 6.34. The van der Waals surface area contributed by atoms with Crippen LogP contribution in [0.25, 0.3) is 22.6 Å². The van der Waals surface area contributed by atoms with Gasteiger partial charge in [-0.1, -0.05) is 30.3 Å². The van der Waals surface area contributed by atoms with Crippen molar-refractivity contribution in [3.05, 3.63) is 66.6 Å². The topological polar surface area (TPSA) is 68.5 Å². The predicted molar refractivity (Wildman–Crippen MR) is 105 cm³/mol. The number of nitrogens with one attached hydrogen (secondary N) is 1. The van der Waals surface area contributed by atoms with E-state index in [1.807, 2.05) is 42.5 Å². The van der Waals surface area contributed by atoms with E-state index in [4.69, 9.17) is 4.98 Å². The van der Waals surface area contributed by atoms with Crippen molar-refractivity contribution in [3.8, 4) is 11.4 Å². The van der Waals surface area contributed by atoms with Gasteiger partial charge in [-0.05, 0) is 30.5 Å². The first kappa shape index (κ1) is 16.8. The van der Waals surface area contributed by atoms with Gasteiger partial charge in [-0.25, -0.2) is 14.4 Å². The van der Waals surface area contributed by atoms with E-state index in [2.05, 4.69) is 24.8 Å². The molecule has 0 bridgehead atoms. The average molecular weight is 374 g/mol. The first-order valence-electron chi connectivity index (χ1n) is 9.38. The molecule has 7 heteroatoms. The summed E-state index contributed by atoms with van der Waals surface area (Å²) < 4.78 is 16.6. The number of rotatable bonds is 6. The van der Waals surface area contributed by atoms with Crippen molar-refractivity contribution in [2.24, 2.45) is 0 Å². The molecule has 0 aliphatic heterocycles. The highest BCUT2D eigenvalue weighted by molar-refractivity contribution is 5.77. The van der Waals surface area contributed by atoms with Crippen molar-refractivity contribution >= 4 is 17.1 Å². The molecular weight excluding hydrogens is 355 g/mol. The Balaban J connectivity index is 1.46. The lowest BCUT2D eigenvalue weighted by Crippen LogP contribution is -2.18. The van der Waals surface area contributed by atoms with Crippen LogP contribution >= 0.6 is 0 Å². The fourth-order valence-electron chi connectivity index (χ4n) is 3.36. The summed E-state index contributed by atoms with van der Waals surface area (Å²) in [4.78, 5) is 17.7. The van der Waals surface area contributed by atoms with E-state index >= 15 is 0 Å². The molecule has 1 aliphatic rings. The second kappa shape index (κ2) is 6.99. The third-order valence-electron chi connectivity index (χ3n) is 4.83. The SMILES string of the molecule is FC(Cc1ccccc1)Nc1ncc2nc(-c3ccncc3)n(C3CC3)c2n1. The van der Waals surface area contributed by atoms with Gasteiger partial charge >= 0.3 is 0 Å². The number of imidazole rings is 1. The van der Waals surface area contributed by atoms with E-state index < -0.39 is 6.30 Å². The Labute approximate surface area is 161 Å². The molecule has 1 fully saturated rings. The normalized spacial score (nSPS) is 14.9. The van der Waals surface area contributed by atoms with Crippen molar-refractivity contribution in [3.63, 3.8) is 0 Å². The molecule has 1 saturated carbocycles. The van der Waals surface area contributed by atoms with Crippen molar-refractivity contribution in [2.45, 2.75) is 31.6 Å². The summed E-state index contributed by atoms with van der Waals surface area (Å²) >= 11 is 0. The van der Waals surface area contributed by atoms with Gasteiger partial charge in [0.15, 0.2) is 11.9 Å². The molecular formula is C21H19FN6. The van der Waals surface area contributed by atoms with E-state index in [1.165, 1.54) is 0 Å². The zero-order valence-electron chi connectivity index (χ0n) is 15.2. The van der Waals surface area contributed by atoms with E-state index in [1.54, 1.807) is 18.6 Å². The van der Waals surface area contributed by atoms with Crippen molar-refractivity contribution in [1.29, 1.82) is 0 Å². The molecule has 0 saturated heterocycles. The van der Waals surface area contributed by atoms with Crippen LogP contribution in [-0.4, -0.2) is 30.8 Å². The number of halogens is 1. The minimum absolute atomic E-state index is 0.256. The van der Waals surface area contributed by atoms with Crippen molar-refractivity contribution in [1.82, 2.24) is 24.5 Å². The summed E-state index contributed by atoms with van der Waals surface area (Å²) in [5, 5.41) is 2.78. The van der Waals surface area contributed by atoms with Crippen molar-refractivity contribution in [2.75, 3.05) is 5.32 Å². The molecule has 0 radical (unpaired) electrons. The lowest BCUT2D eigenvalue weighted by atomic mass is 10.1. The van der Waals surface area contributed by atoms with Crippen LogP contribution in [0.1, 0.15) is 24.4 Å². The number of alkyl halides is 1. The van der Waals surface area contributed by atoms with Crippen LogP contribution in [-0.2, 0) is 6.42 Å². The number of aromatic nitrogens is 5. The Morgan fingerprint density at radius 1 is 1.07 bits per heavy atom. The molecule has 1 unspecified atom stereocenters. The monoisotopic (exact) mass is 374 g/mol. The Morgan fingerprint density at radius 2 is 1.86 bits per heavy atom. The summed E-state index contributed by atoms with van der Waals surface area (Å²) in [7, 11) is 0. The van der Waals surface area contributed by atoms with E-state index in [0.717, 1.165) is 35.4 Å². The number of fused-ring (bicyclic) bond motifs is 1. The predicted octanol–water partition coefficient (Wildman–Crippen LogP) is 4.17. The van der Waals surface area contributed by atoms with E-state index in [0.29, 0.717) is 11.6 Å². The maximum Gasteiger partial charge on any atom is 0.227 e. The molecule has 1 aliphatic carbocycles. The maximum atomic E-state index is 14.5. The Kier molecular flexibility index (Phi) is 4.20. The summed E-state index contributed by atoms with van der Waals surface area (Å²) in [6, 6.07) is 13.8. The van der Waals surface area contributed by atoms with E-state index in [-0.39, 0.29) is 12.4 Å². The minimum atomic E-state index is -1.27. The molecule has 1 aromatic carbocycles. The number of nitrogens with zero attached hydrogens (tertiary/aromatic N) is 5. The standard InChI is InChI=1S/C21H19FN6/c22-18(12-14-4-2-1-3-5-14)26-21-24-13-17-20(27-21)28(16-6-7-16)19(25-17)15-8-10-23-11-9-15/h1-5,8-11,13,16,18H,6-7,12H2,(H,24,26,27). The molecule has 0 amide bonds. The van der Waals surface area contributed by atoms with Crippen LogP contribution in [0.2, 0.25) is 0 Å². The van der Waals surface area contributed by atoms with Crippen LogP contribution in [0.3, 0.4) is 0 Å². The molecule has 4 aromatic rings. The van der Waals surface area contributed by atoms with Crippen LogP contribution in [0.5, 0.6) is 0 Å². The second-order valence-corrected chi connectivity index (χ2v) is 6.98. The summed E-state index contributed by atoms with van der Waals surface area (Å²) in [6.45, 7) is 0. The zero-order chi connectivity index (χ0) is 18.9. The molecule has 140 valence electrons. The fourth-order valence-corrected chi connectivity index (χ4v) is 3.36. The zero-order valence-corrected chi connectivity index (χ0v) is 15.2. The van der Waals surface area contributed by atoms with Gasteiger partial charge in [0.2, 0.25) is 5.95 Å². The van der Waals surface area contributed by atoms with Crippen LogP contribution in [0.4, 0.5) is 10.3 Å². The van der Waals surface area contributed by atoms with Crippen molar-refractivity contribution < 1.29 is 4.39 Å².